The maximum Gasteiger partial charge on any atom is 0.323 e. The number of hydrogen-bond donors (Lipinski definition) is 4. The highest BCUT2D eigenvalue weighted by Gasteiger charge is 2.39. The Balaban J connectivity index is 2.42. The average Bonchev–Trinajstić information content (AvgIpc) is 2.26. The summed E-state index contributed by atoms with van der Waals surface area (Å²) in [6, 6.07) is 0. The van der Waals surface area contributed by atoms with E-state index in [0.29, 0.717) is 18.6 Å². The molecule has 16 heavy (non-hydrogen) atoms. The molecule has 1 rings (SSSR count). The smallest absolute Gasteiger partial charge is 0.323 e. The van der Waals surface area contributed by atoms with E-state index in [4.69, 9.17) is 15.9 Å². The van der Waals surface area contributed by atoms with Gasteiger partial charge in [-0.3, -0.25) is 4.79 Å². The van der Waals surface area contributed by atoms with Gasteiger partial charge in [0.2, 0.25) is 0 Å². The number of aliphatic hydroxyl groups excluding tert-OH is 2. The average molecular weight is 249 g/mol. The molecular formula is C10H19NO4S. The van der Waals surface area contributed by atoms with Crippen molar-refractivity contribution in [3.63, 3.8) is 0 Å². The molecule has 1 fully saturated rings. The molecule has 0 aromatic carbocycles. The Morgan fingerprint density at radius 3 is 2.88 bits per heavy atom. The van der Waals surface area contributed by atoms with Crippen molar-refractivity contribution < 1.29 is 20.1 Å². The molecule has 0 aromatic rings. The van der Waals surface area contributed by atoms with Gasteiger partial charge in [0.05, 0.1) is 12.7 Å². The van der Waals surface area contributed by atoms with Crippen LogP contribution in [0.25, 0.3) is 0 Å². The summed E-state index contributed by atoms with van der Waals surface area (Å²) in [5, 5.41) is 27.1. The topological polar surface area (TPSA) is 104 Å². The van der Waals surface area contributed by atoms with Gasteiger partial charge in [-0.15, -0.1) is 0 Å². The molecule has 6 heteroatoms. The van der Waals surface area contributed by atoms with E-state index < -0.39 is 17.6 Å². The van der Waals surface area contributed by atoms with Gasteiger partial charge in [0.25, 0.3) is 0 Å². The molecule has 0 spiro atoms. The van der Waals surface area contributed by atoms with Gasteiger partial charge >= 0.3 is 5.97 Å². The largest absolute Gasteiger partial charge is 0.480 e. The summed E-state index contributed by atoms with van der Waals surface area (Å²) in [6.07, 6.45) is 1.95. The zero-order chi connectivity index (χ0) is 12.2. The number of rotatable bonds is 5. The van der Waals surface area contributed by atoms with Crippen LogP contribution in [0.3, 0.4) is 0 Å². The lowest BCUT2D eigenvalue weighted by molar-refractivity contribution is -0.144. The number of aliphatic carboxylic acids is 1. The molecule has 1 aliphatic rings. The van der Waals surface area contributed by atoms with Crippen molar-refractivity contribution in [2.75, 3.05) is 12.4 Å². The van der Waals surface area contributed by atoms with E-state index in [0.717, 1.165) is 12.8 Å². The number of nitrogens with two attached hydrogens (primary N) is 1. The maximum absolute atomic E-state index is 11.0. The first kappa shape index (κ1) is 13.8. The SMILES string of the molecule is NC1(C(=O)O)CCCC(SCC(O)CO)C1. The van der Waals surface area contributed by atoms with Crippen LogP contribution in [-0.2, 0) is 4.79 Å². The van der Waals surface area contributed by atoms with Crippen molar-refractivity contribution in [2.45, 2.75) is 42.6 Å². The summed E-state index contributed by atoms with van der Waals surface area (Å²) in [5.41, 5.74) is 4.70. The Hall–Kier alpha value is -0.300. The molecule has 94 valence electrons. The van der Waals surface area contributed by atoms with Crippen molar-refractivity contribution in [2.24, 2.45) is 5.73 Å². The molecule has 1 aliphatic carbocycles. The molecule has 0 amide bonds. The number of carbonyl (C=O) groups is 1. The molecule has 0 radical (unpaired) electrons. The lowest BCUT2D eigenvalue weighted by Crippen LogP contribution is -2.52. The lowest BCUT2D eigenvalue weighted by atomic mass is 9.82. The summed E-state index contributed by atoms with van der Waals surface area (Å²) in [6.45, 7) is -0.258. The number of carboxylic acids is 1. The first-order valence-electron chi connectivity index (χ1n) is 5.41. The monoisotopic (exact) mass is 249 g/mol. The van der Waals surface area contributed by atoms with Crippen LogP contribution >= 0.6 is 11.8 Å². The van der Waals surface area contributed by atoms with E-state index in [1.54, 1.807) is 0 Å². The molecule has 0 aliphatic heterocycles. The number of aliphatic hydroxyl groups is 2. The first-order valence-corrected chi connectivity index (χ1v) is 6.45. The van der Waals surface area contributed by atoms with Gasteiger partial charge in [-0.05, 0) is 25.7 Å². The fourth-order valence-corrected chi connectivity index (χ4v) is 3.24. The Kier molecular flexibility index (Phi) is 5.04. The molecule has 0 aromatic heterocycles. The normalized spacial score (nSPS) is 32.3. The van der Waals surface area contributed by atoms with Crippen LogP contribution in [0.1, 0.15) is 25.7 Å². The van der Waals surface area contributed by atoms with Gasteiger partial charge < -0.3 is 21.1 Å². The van der Waals surface area contributed by atoms with Gasteiger partial charge in [-0.25, -0.2) is 0 Å². The van der Waals surface area contributed by atoms with Gasteiger partial charge in [-0.2, -0.15) is 11.8 Å². The molecular weight excluding hydrogens is 230 g/mol. The quantitative estimate of drug-likeness (QED) is 0.538. The molecule has 0 bridgehead atoms. The van der Waals surface area contributed by atoms with E-state index in [2.05, 4.69) is 0 Å². The van der Waals surface area contributed by atoms with E-state index in [1.807, 2.05) is 0 Å². The van der Waals surface area contributed by atoms with E-state index in [-0.39, 0.29) is 11.9 Å². The minimum atomic E-state index is -1.11. The summed E-state index contributed by atoms with van der Waals surface area (Å²) in [7, 11) is 0. The van der Waals surface area contributed by atoms with Gasteiger partial charge in [0, 0.05) is 11.0 Å². The summed E-state index contributed by atoms with van der Waals surface area (Å²) in [5.74, 6) is -0.517. The van der Waals surface area contributed by atoms with Crippen LogP contribution in [0.4, 0.5) is 0 Å². The summed E-state index contributed by atoms with van der Waals surface area (Å²) in [4.78, 5) is 11.0. The molecule has 3 atom stereocenters. The van der Waals surface area contributed by atoms with E-state index in [1.165, 1.54) is 11.8 Å². The molecule has 0 saturated heterocycles. The van der Waals surface area contributed by atoms with Crippen molar-refractivity contribution in [1.82, 2.24) is 0 Å². The fraction of sp³-hybridized carbons (Fsp3) is 0.900. The van der Waals surface area contributed by atoms with Gasteiger partial charge in [-0.1, -0.05) is 0 Å². The van der Waals surface area contributed by atoms with E-state index in [9.17, 15) is 9.90 Å². The minimum absolute atomic E-state index is 0.163. The summed E-state index contributed by atoms with van der Waals surface area (Å²) < 4.78 is 0. The fourth-order valence-electron chi connectivity index (χ4n) is 1.89. The van der Waals surface area contributed by atoms with E-state index >= 15 is 0 Å². The Bertz CT molecular complexity index is 251. The Labute approximate surface area is 99.0 Å². The van der Waals surface area contributed by atoms with Crippen LogP contribution in [0, 0.1) is 0 Å². The van der Waals surface area contributed by atoms with Crippen molar-refractivity contribution in [3.05, 3.63) is 0 Å². The van der Waals surface area contributed by atoms with Crippen LogP contribution < -0.4 is 5.73 Å². The third-order valence-corrected chi connectivity index (χ3v) is 4.35. The second kappa shape index (κ2) is 5.86. The van der Waals surface area contributed by atoms with Crippen molar-refractivity contribution in [3.8, 4) is 0 Å². The van der Waals surface area contributed by atoms with Gasteiger partial charge in [0.1, 0.15) is 5.54 Å². The molecule has 5 nitrogen and oxygen atoms in total. The molecule has 5 N–H and O–H groups in total. The maximum atomic E-state index is 11.0. The predicted octanol–water partition coefficient (Wildman–Crippen LogP) is -0.203. The highest BCUT2D eigenvalue weighted by molar-refractivity contribution is 7.99. The number of thioether (sulfide) groups is 1. The number of hydrogen-bond acceptors (Lipinski definition) is 5. The highest BCUT2D eigenvalue weighted by Crippen LogP contribution is 2.34. The molecule has 3 unspecified atom stereocenters. The second-order valence-electron chi connectivity index (χ2n) is 4.35. The molecule has 1 saturated carbocycles. The third kappa shape index (κ3) is 3.62. The zero-order valence-corrected chi connectivity index (χ0v) is 9.95. The van der Waals surface area contributed by atoms with Crippen LogP contribution in [0.5, 0.6) is 0 Å². The lowest BCUT2D eigenvalue weighted by Gasteiger charge is -2.34. The Morgan fingerprint density at radius 2 is 2.31 bits per heavy atom. The van der Waals surface area contributed by atoms with Crippen LogP contribution in [-0.4, -0.2) is 50.5 Å². The third-order valence-electron chi connectivity index (χ3n) is 2.90. The first-order chi connectivity index (χ1) is 7.48. The van der Waals surface area contributed by atoms with Crippen LogP contribution in [0.2, 0.25) is 0 Å². The molecule has 0 heterocycles. The minimum Gasteiger partial charge on any atom is -0.480 e. The van der Waals surface area contributed by atoms with Crippen LogP contribution in [0.15, 0.2) is 0 Å². The standard InChI is InChI=1S/C10H19NO4S/c11-10(9(14)15)3-1-2-8(4-10)16-6-7(13)5-12/h7-8,12-13H,1-6,11H2,(H,14,15). The highest BCUT2D eigenvalue weighted by atomic mass is 32.2. The number of carboxylic acid groups (broad SMARTS) is 1. The van der Waals surface area contributed by atoms with Crippen molar-refractivity contribution >= 4 is 17.7 Å². The summed E-state index contributed by atoms with van der Waals surface area (Å²) >= 11 is 1.50. The Morgan fingerprint density at radius 1 is 1.62 bits per heavy atom. The predicted molar refractivity (Wildman–Crippen MR) is 62.4 cm³/mol. The van der Waals surface area contributed by atoms with Gasteiger partial charge in [0.15, 0.2) is 0 Å². The second-order valence-corrected chi connectivity index (χ2v) is 5.68. The zero-order valence-electron chi connectivity index (χ0n) is 9.13. The van der Waals surface area contributed by atoms with Crippen molar-refractivity contribution in [1.29, 1.82) is 0 Å².